The zero-order valence-electron chi connectivity index (χ0n) is 20.7. The van der Waals surface area contributed by atoms with E-state index in [0.717, 1.165) is 33.3 Å². The maximum Gasteiger partial charge on any atom is 0.247 e. The SMILES string of the molecule is Cc1ccc(-c2nnc(C(C)Sc3nnc(COc4c(C)cccc4C)n3-c3ccccc3)o2)cc1. The van der Waals surface area contributed by atoms with Gasteiger partial charge in [0.25, 0.3) is 0 Å². The Hall–Kier alpha value is -3.91. The predicted octanol–water partition coefficient (Wildman–Crippen LogP) is 6.67. The number of para-hydroxylation sites is 2. The summed E-state index contributed by atoms with van der Waals surface area (Å²) in [7, 11) is 0. The lowest BCUT2D eigenvalue weighted by Crippen LogP contribution is -2.08. The molecule has 0 aliphatic carbocycles. The first-order chi connectivity index (χ1) is 17.5. The van der Waals surface area contributed by atoms with Gasteiger partial charge in [-0.1, -0.05) is 65.9 Å². The van der Waals surface area contributed by atoms with E-state index in [-0.39, 0.29) is 5.25 Å². The van der Waals surface area contributed by atoms with E-state index in [1.54, 1.807) is 0 Å². The Kier molecular flexibility index (Phi) is 6.86. The van der Waals surface area contributed by atoms with Gasteiger partial charge in [0.15, 0.2) is 11.0 Å². The van der Waals surface area contributed by atoms with E-state index >= 15 is 0 Å². The second-order valence-electron chi connectivity index (χ2n) is 8.65. The Bertz CT molecular complexity index is 1440. The molecule has 2 heterocycles. The number of hydrogen-bond acceptors (Lipinski definition) is 7. The second kappa shape index (κ2) is 10.4. The van der Waals surface area contributed by atoms with Crippen LogP contribution in [0.5, 0.6) is 5.75 Å². The number of hydrogen-bond donors (Lipinski definition) is 0. The quantitative estimate of drug-likeness (QED) is 0.221. The Balaban J connectivity index is 1.40. The van der Waals surface area contributed by atoms with Crippen LogP contribution < -0.4 is 4.74 Å². The molecule has 7 nitrogen and oxygen atoms in total. The monoisotopic (exact) mass is 497 g/mol. The minimum absolute atomic E-state index is 0.129. The molecule has 5 aromatic rings. The normalized spacial score (nSPS) is 12.0. The molecular weight excluding hydrogens is 470 g/mol. The molecule has 182 valence electrons. The third-order valence-electron chi connectivity index (χ3n) is 5.84. The van der Waals surface area contributed by atoms with Crippen LogP contribution in [0.1, 0.15) is 40.6 Å². The summed E-state index contributed by atoms with van der Waals surface area (Å²) in [5.74, 6) is 2.62. The first-order valence-electron chi connectivity index (χ1n) is 11.8. The summed E-state index contributed by atoms with van der Waals surface area (Å²) in [5, 5.41) is 18.1. The fourth-order valence-electron chi connectivity index (χ4n) is 3.89. The van der Waals surface area contributed by atoms with Crippen molar-refractivity contribution in [1.82, 2.24) is 25.0 Å². The number of ether oxygens (including phenoxy) is 1. The predicted molar refractivity (Wildman–Crippen MR) is 140 cm³/mol. The highest BCUT2D eigenvalue weighted by molar-refractivity contribution is 7.99. The van der Waals surface area contributed by atoms with Gasteiger partial charge < -0.3 is 9.15 Å². The van der Waals surface area contributed by atoms with Crippen molar-refractivity contribution in [3.8, 4) is 22.9 Å². The Morgan fingerprint density at radius 1 is 0.833 bits per heavy atom. The van der Waals surface area contributed by atoms with Gasteiger partial charge in [0.2, 0.25) is 11.8 Å². The summed E-state index contributed by atoms with van der Waals surface area (Å²) in [6.07, 6.45) is 0. The summed E-state index contributed by atoms with van der Waals surface area (Å²) in [4.78, 5) is 0. The third kappa shape index (κ3) is 5.04. The Morgan fingerprint density at radius 3 is 2.28 bits per heavy atom. The fraction of sp³-hybridized carbons (Fsp3) is 0.214. The van der Waals surface area contributed by atoms with Gasteiger partial charge in [-0.05, 0) is 63.1 Å². The van der Waals surface area contributed by atoms with Crippen LogP contribution in [0.25, 0.3) is 17.1 Å². The van der Waals surface area contributed by atoms with Crippen LogP contribution in [-0.2, 0) is 6.61 Å². The molecule has 0 bridgehead atoms. The van der Waals surface area contributed by atoms with Gasteiger partial charge in [0, 0.05) is 11.3 Å². The van der Waals surface area contributed by atoms with E-state index in [4.69, 9.17) is 9.15 Å². The van der Waals surface area contributed by atoms with E-state index < -0.39 is 0 Å². The maximum atomic E-state index is 6.21. The van der Waals surface area contributed by atoms with E-state index in [2.05, 4.69) is 20.4 Å². The molecule has 0 N–H and O–H groups in total. The second-order valence-corrected chi connectivity index (χ2v) is 9.96. The minimum Gasteiger partial charge on any atom is -0.485 e. The number of nitrogens with zero attached hydrogens (tertiary/aromatic N) is 5. The van der Waals surface area contributed by atoms with Crippen LogP contribution in [-0.4, -0.2) is 25.0 Å². The van der Waals surface area contributed by atoms with Crippen molar-refractivity contribution in [1.29, 1.82) is 0 Å². The highest BCUT2D eigenvalue weighted by Gasteiger charge is 2.22. The largest absolute Gasteiger partial charge is 0.485 e. The van der Waals surface area contributed by atoms with Crippen molar-refractivity contribution in [2.24, 2.45) is 0 Å². The summed E-state index contributed by atoms with van der Waals surface area (Å²) < 4.78 is 14.2. The highest BCUT2D eigenvalue weighted by Crippen LogP contribution is 2.36. The van der Waals surface area contributed by atoms with E-state index in [0.29, 0.717) is 24.2 Å². The van der Waals surface area contributed by atoms with Crippen molar-refractivity contribution in [2.45, 2.75) is 44.7 Å². The average molecular weight is 498 g/mol. The van der Waals surface area contributed by atoms with Crippen LogP contribution in [0.3, 0.4) is 0 Å². The van der Waals surface area contributed by atoms with Crippen LogP contribution >= 0.6 is 11.8 Å². The fourth-order valence-corrected chi connectivity index (χ4v) is 4.81. The standard InChI is InChI=1S/C28H27N5O2S/c1-18-13-15-22(16-14-18)27-31-30-26(35-27)21(4)36-28-32-29-24(33(28)23-11-6-5-7-12-23)17-34-25-19(2)9-8-10-20(25)3/h5-16,21H,17H2,1-4H3. The van der Waals surface area contributed by atoms with Crippen LogP contribution in [0, 0.1) is 20.8 Å². The lowest BCUT2D eigenvalue weighted by molar-refractivity contribution is 0.289. The zero-order chi connectivity index (χ0) is 25.1. The molecule has 0 aliphatic heterocycles. The molecule has 1 unspecified atom stereocenters. The average Bonchev–Trinajstić information content (AvgIpc) is 3.53. The van der Waals surface area contributed by atoms with Gasteiger partial charge in [-0.2, -0.15) is 0 Å². The van der Waals surface area contributed by atoms with Gasteiger partial charge in [0.05, 0.1) is 5.25 Å². The molecule has 0 spiro atoms. The smallest absolute Gasteiger partial charge is 0.247 e. The summed E-state index contributed by atoms with van der Waals surface area (Å²) >= 11 is 1.52. The summed E-state index contributed by atoms with van der Waals surface area (Å²) in [6, 6.07) is 24.2. The molecule has 8 heteroatoms. The number of benzene rings is 3. The Morgan fingerprint density at radius 2 is 1.56 bits per heavy atom. The molecule has 3 aromatic carbocycles. The molecular formula is C28H27N5O2S. The van der Waals surface area contributed by atoms with Crippen LogP contribution in [0.15, 0.2) is 82.4 Å². The van der Waals surface area contributed by atoms with Crippen LogP contribution in [0.4, 0.5) is 0 Å². The van der Waals surface area contributed by atoms with Gasteiger partial charge in [-0.15, -0.1) is 20.4 Å². The lowest BCUT2D eigenvalue weighted by atomic mass is 10.1. The molecule has 1 atom stereocenters. The minimum atomic E-state index is -0.129. The molecule has 0 saturated heterocycles. The third-order valence-corrected chi connectivity index (χ3v) is 6.87. The molecule has 0 radical (unpaired) electrons. The Labute approximate surface area is 214 Å². The van der Waals surface area contributed by atoms with Crippen LogP contribution in [0.2, 0.25) is 0 Å². The molecule has 0 aliphatic rings. The maximum absolute atomic E-state index is 6.21. The van der Waals surface area contributed by atoms with Crippen molar-refractivity contribution in [3.05, 3.63) is 101 Å². The molecule has 0 amide bonds. The van der Waals surface area contributed by atoms with Crippen molar-refractivity contribution < 1.29 is 9.15 Å². The number of aromatic nitrogens is 5. The van der Waals surface area contributed by atoms with Gasteiger partial charge >= 0.3 is 0 Å². The van der Waals surface area contributed by atoms with E-state index in [9.17, 15) is 0 Å². The molecule has 36 heavy (non-hydrogen) atoms. The highest BCUT2D eigenvalue weighted by atomic mass is 32.2. The van der Waals surface area contributed by atoms with E-state index in [1.807, 2.05) is 105 Å². The number of aryl methyl sites for hydroxylation is 3. The molecule has 5 rings (SSSR count). The topological polar surface area (TPSA) is 78.9 Å². The lowest BCUT2D eigenvalue weighted by Gasteiger charge is -2.14. The van der Waals surface area contributed by atoms with Gasteiger partial charge in [-0.25, -0.2) is 0 Å². The summed E-state index contributed by atoms with van der Waals surface area (Å²) in [6.45, 7) is 8.45. The van der Waals surface area contributed by atoms with Gasteiger partial charge in [-0.3, -0.25) is 4.57 Å². The van der Waals surface area contributed by atoms with E-state index in [1.165, 1.54) is 17.3 Å². The van der Waals surface area contributed by atoms with Gasteiger partial charge in [0.1, 0.15) is 12.4 Å². The number of rotatable bonds is 8. The molecule has 0 saturated carbocycles. The van der Waals surface area contributed by atoms with Crippen molar-refractivity contribution >= 4 is 11.8 Å². The van der Waals surface area contributed by atoms with Crippen molar-refractivity contribution in [2.75, 3.05) is 0 Å². The zero-order valence-corrected chi connectivity index (χ0v) is 21.5. The first kappa shape index (κ1) is 23.8. The summed E-state index contributed by atoms with van der Waals surface area (Å²) in [5.41, 5.74) is 5.22. The number of thioether (sulfide) groups is 1. The molecule has 0 fully saturated rings. The first-order valence-corrected chi connectivity index (χ1v) is 12.6. The van der Waals surface area contributed by atoms with Crippen molar-refractivity contribution in [3.63, 3.8) is 0 Å². The molecule has 2 aromatic heterocycles.